The third kappa shape index (κ3) is 5.17. The van der Waals surface area contributed by atoms with Gasteiger partial charge in [-0.15, -0.1) is 0 Å². The molecule has 138 valence electrons. The number of non-ortho nitro benzene ring substituents is 1. The van der Waals surface area contributed by atoms with Crippen LogP contribution >= 0.6 is 23.2 Å². The molecule has 1 aliphatic heterocycles. The minimum Gasteiger partial charge on any atom is -0.310 e. The predicted molar refractivity (Wildman–Crippen MR) is 105 cm³/mol. The van der Waals surface area contributed by atoms with Gasteiger partial charge in [0.25, 0.3) is 5.69 Å². The molecule has 0 aliphatic carbocycles. The molecule has 3 rings (SSSR count). The zero-order chi connectivity index (χ0) is 18.5. The summed E-state index contributed by atoms with van der Waals surface area (Å²) in [5.41, 5.74) is 2.25. The van der Waals surface area contributed by atoms with E-state index in [0.717, 1.165) is 38.0 Å². The van der Waals surface area contributed by atoms with Crippen molar-refractivity contribution in [3.8, 4) is 0 Å². The van der Waals surface area contributed by atoms with Gasteiger partial charge in [-0.25, -0.2) is 0 Å². The van der Waals surface area contributed by atoms with Gasteiger partial charge in [0.1, 0.15) is 0 Å². The van der Waals surface area contributed by atoms with Gasteiger partial charge in [0.05, 0.1) is 15.0 Å². The number of halogens is 2. The fourth-order valence-electron chi connectivity index (χ4n) is 3.23. The first-order chi connectivity index (χ1) is 12.5. The molecule has 1 heterocycles. The fourth-order valence-corrected chi connectivity index (χ4v) is 3.55. The van der Waals surface area contributed by atoms with Crippen molar-refractivity contribution in [3.05, 3.63) is 73.8 Å². The molecule has 1 saturated heterocycles. The number of nitro benzene ring substituents is 1. The second-order valence-electron chi connectivity index (χ2n) is 6.61. The quantitative estimate of drug-likeness (QED) is 0.572. The molecule has 0 bridgehead atoms. The first-order valence-corrected chi connectivity index (χ1v) is 9.40. The van der Waals surface area contributed by atoms with E-state index in [-0.39, 0.29) is 10.6 Å². The van der Waals surface area contributed by atoms with E-state index in [0.29, 0.717) is 22.6 Å². The van der Waals surface area contributed by atoms with Crippen LogP contribution in [-0.4, -0.2) is 29.0 Å². The molecule has 1 aliphatic rings. The van der Waals surface area contributed by atoms with Gasteiger partial charge < -0.3 is 5.32 Å². The van der Waals surface area contributed by atoms with E-state index in [4.69, 9.17) is 23.2 Å². The summed E-state index contributed by atoms with van der Waals surface area (Å²) in [6.45, 7) is 3.54. The van der Waals surface area contributed by atoms with Gasteiger partial charge in [-0.3, -0.25) is 15.0 Å². The Morgan fingerprint density at radius 2 is 1.85 bits per heavy atom. The van der Waals surface area contributed by atoms with Gasteiger partial charge in [-0.2, -0.15) is 0 Å². The Hall–Kier alpha value is -1.66. The first-order valence-electron chi connectivity index (χ1n) is 8.64. The van der Waals surface area contributed by atoms with Crippen molar-refractivity contribution >= 4 is 28.9 Å². The van der Waals surface area contributed by atoms with Crippen LogP contribution in [0.2, 0.25) is 10.0 Å². The standard InChI is InChI=1S/C19H21Cl2N3O2/c20-18-5-4-15(11-19(18)21)13-23-8-6-16(7-9-23)22-12-14-2-1-3-17(10-14)24(25)26/h1-5,10-11,16,22H,6-9,12-13H2. The molecule has 0 atom stereocenters. The van der Waals surface area contributed by atoms with Crippen molar-refractivity contribution in [2.75, 3.05) is 13.1 Å². The normalized spacial score (nSPS) is 15.9. The van der Waals surface area contributed by atoms with Gasteiger partial charge in [0.15, 0.2) is 0 Å². The second kappa shape index (κ2) is 8.82. The third-order valence-electron chi connectivity index (χ3n) is 4.69. The second-order valence-corrected chi connectivity index (χ2v) is 7.42. The van der Waals surface area contributed by atoms with Crippen LogP contribution in [0, 0.1) is 10.1 Å². The lowest BCUT2D eigenvalue weighted by molar-refractivity contribution is -0.384. The highest BCUT2D eigenvalue weighted by atomic mass is 35.5. The lowest BCUT2D eigenvalue weighted by atomic mass is 10.0. The highest BCUT2D eigenvalue weighted by molar-refractivity contribution is 6.42. The molecule has 0 spiro atoms. The lowest BCUT2D eigenvalue weighted by Gasteiger charge is -2.32. The van der Waals surface area contributed by atoms with Crippen molar-refractivity contribution < 1.29 is 4.92 Å². The largest absolute Gasteiger partial charge is 0.310 e. The summed E-state index contributed by atoms with van der Waals surface area (Å²) in [6, 6.07) is 13.0. The van der Waals surface area contributed by atoms with E-state index >= 15 is 0 Å². The minimum absolute atomic E-state index is 0.140. The fraction of sp³-hybridized carbons (Fsp3) is 0.368. The smallest absolute Gasteiger partial charge is 0.269 e. The van der Waals surface area contributed by atoms with Crippen molar-refractivity contribution in [3.63, 3.8) is 0 Å². The Kier molecular flexibility index (Phi) is 6.48. The number of piperidine rings is 1. The van der Waals surface area contributed by atoms with Gasteiger partial charge in [0, 0.05) is 31.3 Å². The summed E-state index contributed by atoms with van der Waals surface area (Å²) in [4.78, 5) is 12.9. The number of benzene rings is 2. The maximum Gasteiger partial charge on any atom is 0.269 e. The van der Waals surface area contributed by atoms with Crippen LogP contribution in [0.25, 0.3) is 0 Å². The average Bonchev–Trinajstić information content (AvgIpc) is 2.64. The molecule has 2 aromatic rings. The summed E-state index contributed by atoms with van der Waals surface area (Å²) >= 11 is 12.0. The van der Waals surface area contributed by atoms with Crippen molar-refractivity contribution in [2.24, 2.45) is 0 Å². The van der Waals surface area contributed by atoms with E-state index in [1.807, 2.05) is 24.3 Å². The van der Waals surface area contributed by atoms with Crippen LogP contribution in [0.4, 0.5) is 5.69 Å². The monoisotopic (exact) mass is 393 g/mol. The van der Waals surface area contributed by atoms with Crippen LogP contribution in [0.1, 0.15) is 24.0 Å². The van der Waals surface area contributed by atoms with Crippen LogP contribution in [0.3, 0.4) is 0 Å². The van der Waals surface area contributed by atoms with Crippen molar-refractivity contribution in [2.45, 2.75) is 32.0 Å². The number of hydrogen-bond donors (Lipinski definition) is 1. The summed E-state index contributed by atoms with van der Waals surface area (Å²) in [6.07, 6.45) is 2.10. The van der Waals surface area contributed by atoms with E-state index < -0.39 is 0 Å². The highest BCUT2D eigenvalue weighted by Crippen LogP contribution is 2.24. The third-order valence-corrected chi connectivity index (χ3v) is 5.43. The van der Waals surface area contributed by atoms with E-state index in [2.05, 4.69) is 10.2 Å². The molecule has 1 fully saturated rings. The van der Waals surface area contributed by atoms with Gasteiger partial charge in [-0.05, 0) is 49.2 Å². The maximum atomic E-state index is 10.8. The Morgan fingerprint density at radius 1 is 1.08 bits per heavy atom. The molecular formula is C19H21Cl2N3O2. The number of nitro groups is 1. The zero-order valence-corrected chi connectivity index (χ0v) is 15.8. The molecule has 0 amide bonds. The van der Waals surface area contributed by atoms with E-state index in [1.165, 1.54) is 11.6 Å². The van der Waals surface area contributed by atoms with Crippen LogP contribution in [0.15, 0.2) is 42.5 Å². The molecule has 0 aromatic heterocycles. The lowest BCUT2D eigenvalue weighted by Crippen LogP contribution is -2.41. The van der Waals surface area contributed by atoms with Crippen molar-refractivity contribution in [1.82, 2.24) is 10.2 Å². The number of nitrogens with one attached hydrogen (secondary N) is 1. The zero-order valence-electron chi connectivity index (χ0n) is 14.3. The molecule has 2 aromatic carbocycles. The van der Waals surface area contributed by atoms with Gasteiger partial charge in [-0.1, -0.05) is 41.4 Å². The predicted octanol–water partition coefficient (Wildman–Crippen LogP) is 4.66. The highest BCUT2D eigenvalue weighted by Gasteiger charge is 2.19. The SMILES string of the molecule is O=[N+]([O-])c1cccc(CNC2CCN(Cc3ccc(Cl)c(Cl)c3)CC2)c1. The molecule has 5 nitrogen and oxygen atoms in total. The summed E-state index contributed by atoms with van der Waals surface area (Å²) in [5, 5.41) is 15.5. The molecule has 0 radical (unpaired) electrons. The van der Waals surface area contributed by atoms with Crippen LogP contribution < -0.4 is 5.32 Å². The minimum atomic E-state index is -0.356. The van der Waals surface area contributed by atoms with Gasteiger partial charge in [0.2, 0.25) is 0 Å². The number of rotatable bonds is 6. The van der Waals surface area contributed by atoms with Crippen LogP contribution in [-0.2, 0) is 13.1 Å². The van der Waals surface area contributed by atoms with E-state index in [1.54, 1.807) is 12.1 Å². The molecule has 7 heteroatoms. The Labute approximate surface area is 163 Å². The Bertz CT molecular complexity index is 777. The average molecular weight is 394 g/mol. The van der Waals surface area contributed by atoms with E-state index in [9.17, 15) is 10.1 Å². The molecule has 26 heavy (non-hydrogen) atoms. The summed E-state index contributed by atoms with van der Waals surface area (Å²) in [7, 11) is 0. The molecular weight excluding hydrogens is 373 g/mol. The molecule has 1 N–H and O–H groups in total. The van der Waals surface area contributed by atoms with Crippen molar-refractivity contribution in [1.29, 1.82) is 0 Å². The van der Waals surface area contributed by atoms with Crippen LogP contribution in [0.5, 0.6) is 0 Å². The maximum absolute atomic E-state index is 10.8. The Balaban J connectivity index is 1.45. The number of nitrogens with zero attached hydrogens (tertiary/aromatic N) is 2. The molecule has 0 unspecified atom stereocenters. The Morgan fingerprint density at radius 3 is 2.54 bits per heavy atom. The summed E-state index contributed by atoms with van der Waals surface area (Å²) < 4.78 is 0. The number of likely N-dealkylation sites (tertiary alicyclic amines) is 1. The molecule has 0 saturated carbocycles. The number of hydrogen-bond acceptors (Lipinski definition) is 4. The van der Waals surface area contributed by atoms with Gasteiger partial charge >= 0.3 is 0 Å². The summed E-state index contributed by atoms with van der Waals surface area (Å²) in [5.74, 6) is 0. The first kappa shape index (κ1) is 19.1. The topological polar surface area (TPSA) is 58.4 Å².